The van der Waals surface area contributed by atoms with Crippen LogP contribution in [0.1, 0.15) is 69.5 Å². The summed E-state index contributed by atoms with van der Waals surface area (Å²) in [6.45, 7) is 3.78. The van der Waals surface area contributed by atoms with E-state index in [4.69, 9.17) is 9.47 Å². The Kier molecular flexibility index (Phi) is 11.0. The molecule has 1 saturated heterocycles. The number of rotatable bonds is 12. The quantitative estimate of drug-likeness (QED) is 0.333. The van der Waals surface area contributed by atoms with Gasteiger partial charge in [-0.2, -0.15) is 0 Å². The number of imidazole rings is 1. The molecule has 10 heteroatoms. The second kappa shape index (κ2) is 14.9. The fraction of sp³-hybridized carbons (Fsp3) is 0.613. The molecule has 2 fully saturated rings. The summed E-state index contributed by atoms with van der Waals surface area (Å²) in [5.41, 5.74) is 1.30. The van der Waals surface area contributed by atoms with Crippen molar-refractivity contribution in [1.82, 2.24) is 25.5 Å². The first kappa shape index (κ1) is 30.4. The van der Waals surface area contributed by atoms with Gasteiger partial charge in [0.15, 0.2) is 0 Å². The third-order valence-corrected chi connectivity index (χ3v) is 8.63. The van der Waals surface area contributed by atoms with E-state index in [1.807, 2.05) is 36.1 Å². The van der Waals surface area contributed by atoms with E-state index >= 15 is 0 Å². The highest BCUT2D eigenvalue weighted by atomic mass is 16.5. The molecule has 2 aliphatic rings. The second-order valence-electron chi connectivity index (χ2n) is 11.3. The van der Waals surface area contributed by atoms with Crippen molar-refractivity contribution in [2.45, 2.75) is 77.2 Å². The third kappa shape index (κ3) is 8.01. The molecule has 4 rings (SSSR count). The van der Waals surface area contributed by atoms with Crippen LogP contribution in [0.3, 0.4) is 0 Å². The van der Waals surface area contributed by atoms with Crippen molar-refractivity contribution < 1.29 is 23.9 Å². The van der Waals surface area contributed by atoms with Gasteiger partial charge in [0.1, 0.15) is 11.8 Å². The fourth-order valence-corrected chi connectivity index (χ4v) is 6.26. The molecule has 0 spiro atoms. The van der Waals surface area contributed by atoms with Crippen LogP contribution < -0.4 is 15.4 Å². The highest BCUT2D eigenvalue weighted by molar-refractivity contribution is 5.88. The van der Waals surface area contributed by atoms with Gasteiger partial charge in [0, 0.05) is 44.4 Å². The van der Waals surface area contributed by atoms with Crippen LogP contribution in [0.25, 0.3) is 0 Å². The molecular formula is C31H45N5O5. The number of amides is 3. The molecule has 0 bridgehead atoms. The Morgan fingerprint density at radius 1 is 1.12 bits per heavy atom. The summed E-state index contributed by atoms with van der Waals surface area (Å²) in [5, 5.41) is 5.77. The highest BCUT2D eigenvalue weighted by Crippen LogP contribution is 2.47. The first-order valence-corrected chi connectivity index (χ1v) is 15.1. The maximum absolute atomic E-state index is 13.9. The number of likely N-dealkylation sites (tertiary alicyclic amines) is 1. The Balaban J connectivity index is 1.43. The summed E-state index contributed by atoms with van der Waals surface area (Å²) in [7, 11) is 1.61. The molecule has 1 aliphatic carbocycles. The number of hydrogen-bond acceptors (Lipinski definition) is 6. The van der Waals surface area contributed by atoms with Gasteiger partial charge < -0.3 is 30.0 Å². The molecular weight excluding hydrogens is 522 g/mol. The van der Waals surface area contributed by atoms with Gasteiger partial charge in [-0.15, -0.1) is 0 Å². The van der Waals surface area contributed by atoms with Crippen LogP contribution in [0.2, 0.25) is 0 Å². The third-order valence-electron chi connectivity index (χ3n) is 8.63. The van der Waals surface area contributed by atoms with Crippen LogP contribution in [-0.2, 0) is 27.2 Å². The minimum absolute atomic E-state index is 0.0945. The van der Waals surface area contributed by atoms with Crippen LogP contribution in [0.4, 0.5) is 4.79 Å². The SMILES string of the molecule is CCCOC(=O)C1(C2CCCCC2)CCN(C(=O)C(Cc2ccc(OC)cc2)NC(=O)NCCc2cnc[nH]2)CC1. The van der Waals surface area contributed by atoms with Crippen LogP contribution >= 0.6 is 0 Å². The summed E-state index contributed by atoms with van der Waals surface area (Å²) in [4.78, 5) is 49.0. The number of aromatic nitrogens is 2. The van der Waals surface area contributed by atoms with E-state index in [1.165, 1.54) is 6.42 Å². The van der Waals surface area contributed by atoms with Crippen LogP contribution in [0.5, 0.6) is 5.75 Å². The summed E-state index contributed by atoms with van der Waals surface area (Å²) in [6.07, 6.45) is 11.8. The van der Waals surface area contributed by atoms with Gasteiger partial charge in [-0.1, -0.05) is 38.3 Å². The molecule has 224 valence electrons. The average Bonchev–Trinajstić information content (AvgIpc) is 3.53. The molecule has 1 aromatic heterocycles. The van der Waals surface area contributed by atoms with E-state index < -0.39 is 17.5 Å². The maximum atomic E-state index is 13.9. The van der Waals surface area contributed by atoms with Crippen molar-refractivity contribution in [2.75, 3.05) is 33.4 Å². The second-order valence-corrected chi connectivity index (χ2v) is 11.3. The van der Waals surface area contributed by atoms with E-state index in [-0.39, 0.29) is 11.9 Å². The van der Waals surface area contributed by atoms with Crippen LogP contribution in [0, 0.1) is 11.3 Å². The largest absolute Gasteiger partial charge is 0.497 e. The van der Waals surface area contributed by atoms with Crippen molar-refractivity contribution in [1.29, 1.82) is 0 Å². The first-order chi connectivity index (χ1) is 19.9. The molecule has 10 nitrogen and oxygen atoms in total. The Morgan fingerprint density at radius 2 is 1.85 bits per heavy atom. The predicted molar refractivity (Wildman–Crippen MR) is 155 cm³/mol. The number of nitrogens with zero attached hydrogens (tertiary/aromatic N) is 2. The highest BCUT2D eigenvalue weighted by Gasteiger charge is 2.49. The molecule has 2 heterocycles. The average molecular weight is 568 g/mol. The number of urea groups is 1. The molecule has 3 amide bonds. The lowest BCUT2D eigenvalue weighted by Gasteiger charge is -2.46. The number of carbonyl (C=O) groups is 3. The number of aromatic amines is 1. The van der Waals surface area contributed by atoms with Gasteiger partial charge in [0.05, 0.1) is 25.5 Å². The Morgan fingerprint density at radius 3 is 2.49 bits per heavy atom. The number of nitrogens with one attached hydrogen (secondary N) is 3. The lowest BCUT2D eigenvalue weighted by Crippen LogP contribution is -2.56. The molecule has 2 aromatic rings. The number of benzene rings is 1. The molecule has 1 saturated carbocycles. The standard InChI is InChI=1S/C31H45N5O5/c1-3-19-41-29(38)31(24-7-5-4-6-8-24)14-17-36(18-15-31)28(37)27(20-23-9-11-26(40-2)12-10-23)35-30(39)33-16-13-25-21-32-22-34-25/h9-12,21-22,24,27H,3-8,13-20H2,1-2H3,(H,32,34)(H2,33,35,39). The summed E-state index contributed by atoms with van der Waals surface area (Å²) in [5.74, 6) is 0.796. The monoisotopic (exact) mass is 567 g/mol. The van der Waals surface area contributed by atoms with Crippen molar-refractivity contribution in [3.8, 4) is 5.75 Å². The fourth-order valence-electron chi connectivity index (χ4n) is 6.26. The van der Waals surface area contributed by atoms with Crippen molar-refractivity contribution in [3.63, 3.8) is 0 Å². The molecule has 0 radical (unpaired) electrons. The van der Waals surface area contributed by atoms with E-state index in [9.17, 15) is 14.4 Å². The number of ether oxygens (including phenoxy) is 2. The first-order valence-electron chi connectivity index (χ1n) is 15.1. The lowest BCUT2D eigenvalue weighted by molar-refractivity contribution is -0.167. The van der Waals surface area contributed by atoms with Crippen molar-refractivity contribution in [2.24, 2.45) is 11.3 Å². The smallest absolute Gasteiger partial charge is 0.315 e. The normalized spacial score (nSPS) is 17.9. The van der Waals surface area contributed by atoms with Gasteiger partial charge in [-0.05, 0) is 55.7 Å². The van der Waals surface area contributed by atoms with Crippen LogP contribution in [0.15, 0.2) is 36.8 Å². The van der Waals surface area contributed by atoms with Crippen LogP contribution in [-0.4, -0.2) is 72.2 Å². The topological polar surface area (TPSA) is 126 Å². The van der Waals surface area contributed by atoms with E-state index in [1.54, 1.807) is 19.6 Å². The van der Waals surface area contributed by atoms with Crippen molar-refractivity contribution >= 4 is 17.9 Å². The Labute approximate surface area is 243 Å². The number of piperidine rings is 1. The van der Waals surface area contributed by atoms with E-state index in [2.05, 4.69) is 20.6 Å². The number of H-pyrrole nitrogens is 1. The molecule has 1 aliphatic heterocycles. The van der Waals surface area contributed by atoms with Gasteiger partial charge in [0.25, 0.3) is 0 Å². The van der Waals surface area contributed by atoms with Gasteiger partial charge >= 0.3 is 12.0 Å². The van der Waals surface area contributed by atoms with Gasteiger partial charge in [-0.3, -0.25) is 9.59 Å². The lowest BCUT2D eigenvalue weighted by atomic mass is 9.63. The van der Waals surface area contributed by atoms with Crippen molar-refractivity contribution in [3.05, 3.63) is 48.0 Å². The zero-order valence-electron chi connectivity index (χ0n) is 24.5. The zero-order chi connectivity index (χ0) is 29.1. The Hall–Kier alpha value is -3.56. The molecule has 41 heavy (non-hydrogen) atoms. The number of methoxy groups -OCH3 is 1. The molecule has 3 N–H and O–H groups in total. The minimum Gasteiger partial charge on any atom is -0.497 e. The zero-order valence-corrected chi connectivity index (χ0v) is 24.5. The van der Waals surface area contributed by atoms with E-state index in [0.29, 0.717) is 57.8 Å². The molecule has 1 aromatic carbocycles. The summed E-state index contributed by atoms with van der Waals surface area (Å²) < 4.78 is 11.0. The predicted octanol–water partition coefficient (Wildman–Crippen LogP) is 4.01. The molecule has 1 unspecified atom stereocenters. The maximum Gasteiger partial charge on any atom is 0.315 e. The van der Waals surface area contributed by atoms with E-state index in [0.717, 1.165) is 49.1 Å². The summed E-state index contributed by atoms with van der Waals surface area (Å²) in [6, 6.07) is 6.37. The Bertz CT molecular complexity index is 1110. The van der Waals surface area contributed by atoms with Gasteiger partial charge in [-0.25, -0.2) is 9.78 Å². The minimum atomic E-state index is -0.746. The number of carbonyl (C=O) groups excluding carboxylic acids is 3. The van der Waals surface area contributed by atoms with Gasteiger partial charge in [0.2, 0.25) is 5.91 Å². The summed E-state index contributed by atoms with van der Waals surface area (Å²) >= 11 is 0. The number of hydrogen-bond donors (Lipinski definition) is 3. The number of esters is 1. The molecule has 1 atom stereocenters.